The summed E-state index contributed by atoms with van der Waals surface area (Å²) < 4.78 is 0. The molecule has 0 aromatic heterocycles. The number of carbonyl (C=O) groups is 1. The Kier molecular flexibility index (Phi) is 3.76. The van der Waals surface area contributed by atoms with Gasteiger partial charge in [0.05, 0.1) is 18.7 Å². The van der Waals surface area contributed by atoms with Crippen molar-refractivity contribution in [3.8, 4) is 0 Å². The van der Waals surface area contributed by atoms with Gasteiger partial charge < -0.3 is 5.73 Å². The van der Waals surface area contributed by atoms with Crippen molar-refractivity contribution in [1.29, 1.82) is 0 Å². The lowest BCUT2D eigenvalue weighted by molar-refractivity contribution is -0.119. The molecule has 1 aromatic carbocycles. The van der Waals surface area contributed by atoms with Gasteiger partial charge in [0.25, 0.3) is 5.91 Å². The molecule has 1 aliphatic heterocycles. The summed E-state index contributed by atoms with van der Waals surface area (Å²) in [5.74, 6) is 0.422. The van der Waals surface area contributed by atoms with E-state index in [1.807, 2.05) is 18.2 Å². The van der Waals surface area contributed by atoms with Gasteiger partial charge in [-0.1, -0.05) is 19.1 Å². The molecule has 2 N–H and O–H groups in total. The van der Waals surface area contributed by atoms with Crippen molar-refractivity contribution in [2.45, 2.75) is 25.7 Å². The number of benzene rings is 1. The molecule has 0 aliphatic carbocycles. The molecule has 2 rings (SSSR count). The Morgan fingerprint density at radius 3 is 3.00 bits per heavy atom. The number of amides is 1. The minimum absolute atomic E-state index is 0.0219. The van der Waals surface area contributed by atoms with Crippen LogP contribution >= 0.6 is 0 Å². The van der Waals surface area contributed by atoms with E-state index in [1.54, 1.807) is 0 Å². The molecule has 0 bridgehead atoms. The predicted molar refractivity (Wildman–Crippen MR) is 66.6 cm³/mol. The van der Waals surface area contributed by atoms with Crippen LogP contribution < -0.4 is 10.8 Å². The van der Waals surface area contributed by atoms with Crippen LogP contribution in [0.3, 0.4) is 0 Å². The molecular weight excluding hydrogens is 216 g/mol. The van der Waals surface area contributed by atoms with Crippen LogP contribution in [0.2, 0.25) is 0 Å². The Hall–Kier alpha value is -1.39. The number of nitrogens with zero attached hydrogens (tertiary/aromatic N) is 1. The Balaban J connectivity index is 2.19. The topological polar surface area (TPSA) is 55.6 Å². The van der Waals surface area contributed by atoms with Gasteiger partial charge in [-0.3, -0.25) is 9.63 Å². The number of hydrogen-bond acceptors (Lipinski definition) is 3. The van der Waals surface area contributed by atoms with Gasteiger partial charge in [0.1, 0.15) is 0 Å². The smallest absolute Gasteiger partial charge is 0.253 e. The quantitative estimate of drug-likeness (QED) is 0.864. The molecule has 0 radical (unpaired) electrons. The molecule has 0 spiro atoms. The van der Waals surface area contributed by atoms with Crippen molar-refractivity contribution >= 4 is 11.6 Å². The van der Waals surface area contributed by atoms with Crippen molar-refractivity contribution in [3.63, 3.8) is 0 Å². The second kappa shape index (κ2) is 5.29. The van der Waals surface area contributed by atoms with Crippen molar-refractivity contribution in [2.24, 2.45) is 5.73 Å². The molecule has 1 aliphatic rings. The monoisotopic (exact) mass is 234 g/mol. The summed E-state index contributed by atoms with van der Waals surface area (Å²) in [5.41, 5.74) is 7.56. The molecule has 1 aromatic rings. The lowest BCUT2D eigenvalue weighted by Crippen LogP contribution is -2.22. The molecule has 4 nitrogen and oxygen atoms in total. The molecule has 1 unspecified atom stereocenters. The number of hydrogen-bond donors (Lipinski definition) is 1. The van der Waals surface area contributed by atoms with Crippen LogP contribution in [-0.4, -0.2) is 19.1 Å². The maximum Gasteiger partial charge on any atom is 0.253 e. The SMILES string of the molecule is CC(CCN)c1cccc(N2OCCC2=O)c1. The normalized spacial score (nSPS) is 17.5. The predicted octanol–water partition coefficient (Wildman–Crippen LogP) is 1.81. The second-order valence-corrected chi connectivity index (χ2v) is 4.34. The Morgan fingerprint density at radius 2 is 2.35 bits per heavy atom. The second-order valence-electron chi connectivity index (χ2n) is 4.34. The van der Waals surface area contributed by atoms with Crippen LogP contribution in [0.1, 0.15) is 31.2 Å². The highest BCUT2D eigenvalue weighted by Crippen LogP contribution is 2.26. The zero-order valence-corrected chi connectivity index (χ0v) is 10.1. The maximum atomic E-state index is 11.6. The highest BCUT2D eigenvalue weighted by Gasteiger charge is 2.23. The Labute approximate surface area is 101 Å². The van der Waals surface area contributed by atoms with E-state index in [9.17, 15) is 4.79 Å². The number of hydroxylamine groups is 1. The van der Waals surface area contributed by atoms with Crippen LogP contribution in [-0.2, 0) is 9.63 Å². The molecule has 92 valence electrons. The lowest BCUT2D eigenvalue weighted by Gasteiger charge is -2.17. The molecular formula is C13H18N2O2. The van der Waals surface area contributed by atoms with Crippen LogP contribution in [0, 0.1) is 0 Å². The number of rotatable bonds is 4. The van der Waals surface area contributed by atoms with Crippen LogP contribution in [0.4, 0.5) is 5.69 Å². The summed E-state index contributed by atoms with van der Waals surface area (Å²) in [7, 11) is 0. The zero-order chi connectivity index (χ0) is 12.3. The first-order valence-electron chi connectivity index (χ1n) is 5.98. The van der Waals surface area contributed by atoms with Crippen LogP contribution in [0.15, 0.2) is 24.3 Å². The van der Waals surface area contributed by atoms with Crippen molar-refractivity contribution in [1.82, 2.24) is 0 Å². The van der Waals surface area contributed by atoms with Crippen LogP contribution in [0.5, 0.6) is 0 Å². The third-order valence-corrected chi connectivity index (χ3v) is 3.04. The van der Waals surface area contributed by atoms with E-state index in [2.05, 4.69) is 13.0 Å². The maximum absolute atomic E-state index is 11.6. The van der Waals surface area contributed by atoms with Crippen molar-refractivity contribution in [2.75, 3.05) is 18.2 Å². The first kappa shape index (κ1) is 12.1. The summed E-state index contributed by atoms with van der Waals surface area (Å²) in [4.78, 5) is 16.9. The van der Waals surface area contributed by atoms with Gasteiger partial charge >= 0.3 is 0 Å². The van der Waals surface area contributed by atoms with Crippen molar-refractivity contribution in [3.05, 3.63) is 29.8 Å². The highest BCUT2D eigenvalue weighted by atomic mass is 16.7. The summed E-state index contributed by atoms with van der Waals surface area (Å²) in [6.45, 7) is 3.28. The van der Waals surface area contributed by atoms with Gasteiger partial charge in [0, 0.05) is 0 Å². The highest BCUT2D eigenvalue weighted by molar-refractivity contribution is 5.92. The van der Waals surface area contributed by atoms with Crippen molar-refractivity contribution < 1.29 is 9.63 Å². The number of nitrogens with two attached hydrogens (primary N) is 1. The Bertz CT molecular complexity index is 406. The minimum Gasteiger partial charge on any atom is -0.330 e. The molecule has 1 saturated heterocycles. The molecule has 0 saturated carbocycles. The fourth-order valence-corrected chi connectivity index (χ4v) is 1.99. The molecule has 1 fully saturated rings. The minimum atomic E-state index is 0.0219. The zero-order valence-electron chi connectivity index (χ0n) is 10.1. The van der Waals surface area contributed by atoms with E-state index < -0.39 is 0 Å². The standard InChI is InChI=1S/C13H18N2O2/c1-10(5-7-14)11-3-2-4-12(9-11)15-13(16)6-8-17-15/h2-4,9-10H,5-8,14H2,1H3. The van der Waals surface area contributed by atoms with Gasteiger partial charge in [-0.2, -0.15) is 5.06 Å². The fourth-order valence-electron chi connectivity index (χ4n) is 1.99. The first-order chi connectivity index (χ1) is 8.22. The third kappa shape index (κ3) is 2.65. The molecule has 1 heterocycles. The number of anilines is 1. The molecule has 4 heteroatoms. The molecule has 17 heavy (non-hydrogen) atoms. The van der Waals surface area contributed by atoms with Gasteiger partial charge in [-0.05, 0) is 36.6 Å². The molecule has 1 amide bonds. The first-order valence-corrected chi connectivity index (χ1v) is 5.98. The van der Waals surface area contributed by atoms with Gasteiger partial charge in [0.2, 0.25) is 0 Å². The van der Waals surface area contributed by atoms with Gasteiger partial charge in [0.15, 0.2) is 0 Å². The van der Waals surface area contributed by atoms with E-state index >= 15 is 0 Å². The average Bonchev–Trinajstić information content (AvgIpc) is 2.76. The third-order valence-electron chi connectivity index (χ3n) is 3.04. The van der Waals surface area contributed by atoms with Crippen LogP contribution in [0.25, 0.3) is 0 Å². The average molecular weight is 234 g/mol. The lowest BCUT2D eigenvalue weighted by atomic mass is 9.97. The summed E-state index contributed by atoms with van der Waals surface area (Å²) in [6.07, 6.45) is 1.40. The summed E-state index contributed by atoms with van der Waals surface area (Å²) in [5, 5.41) is 1.39. The van der Waals surface area contributed by atoms with E-state index in [-0.39, 0.29) is 5.91 Å². The van der Waals surface area contributed by atoms with E-state index in [1.165, 1.54) is 10.6 Å². The number of carbonyl (C=O) groups excluding carboxylic acids is 1. The Morgan fingerprint density at radius 1 is 1.53 bits per heavy atom. The van der Waals surface area contributed by atoms with E-state index in [4.69, 9.17) is 10.6 Å². The van der Waals surface area contributed by atoms with Gasteiger partial charge in [-0.25, -0.2) is 0 Å². The summed E-state index contributed by atoms with van der Waals surface area (Å²) in [6, 6.07) is 7.91. The summed E-state index contributed by atoms with van der Waals surface area (Å²) >= 11 is 0. The largest absolute Gasteiger partial charge is 0.330 e. The molecule has 1 atom stereocenters. The van der Waals surface area contributed by atoms with E-state index in [0.717, 1.165) is 12.1 Å². The van der Waals surface area contributed by atoms with Gasteiger partial charge in [-0.15, -0.1) is 0 Å². The fraction of sp³-hybridized carbons (Fsp3) is 0.462. The van der Waals surface area contributed by atoms with E-state index in [0.29, 0.717) is 25.5 Å².